The van der Waals surface area contributed by atoms with Crippen LogP contribution in [-0.2, 0) is 9.59 Å². The number of hydrogen-bond donors (Lipinski definition) is 2. The molecule has 0 heterocycles. The minimum absolute atomic E-state index is 0.0369. The van der Waals surface area contributed by atoms with Gasteiger partial charge in [0.15, 0.2) is 0 Å². The molecule has 0 unspecified atom stereocenters. The van der Waals surface area contributed by atoms with Gasteiger partial charge in [-0.3, -0.25) is 9.59 Å². The third-order valence-electron chi connectivity index (χ3n) is 4.08. The van der Waals surface area contributed by atoms with Crippen LogP contribution in [0.2, 0.25) is 5.02 Å². The first kappa shape index (κ1) is 20.8. The molecule has 5 nitrogen and oxygen atoms in total. The van der Waals surface area contributed by atoms with Gasteiger partial charge >= 0.3 is 0 Å². The molecule has 0 radical (unpaired) electrons. The molecule has 0 bridgehead atoms. The molecule has 6 heteroatoms. The van der Waals surface area contributed by atoms with Gasteiger partial charge in [0, 0.05) is 10.7 Å². The summed E-state index contributed by atoms with van der Waals surface area (Å²) in [4.78, 5) is 25.5. The zero-order valence-corrected chi connectivity index (χ0v) is 17.0. The van der Waals surface area contributed by atoms with E-state index in [1.165, 1.54) is 0 Å². The van der Waals surface area contributed by atoms with Crippen LogP contribution in [0.3, 0.4) is 0 Å². The number of benzene rings is 2. The van der Waals surface area contributed by atoms with E-state index in [4.69, 9.17) is 16.3 Å². The van der Waals surface area contributed by atoms with Crippen molar-refractivity contribution in [2.75, 3.05) is 10.6 Å². The fourth-order valence-electron chi connectivity index (χ4n) is 2.32. The molecule has 0 aromatic heterocycles. The minimum Gasteiger partial charge on any atom is -0.489 e. The highest BCUT2D eigenvalue weighted by atomic mass is 35.5. The molecule has 0 aliphatic heterocycles. The quantitative estimate of drug-likeness (QED) is 0.681. The Labute approximate surface area is 165 Å². The van der Waals surface area contributed by atoms with E-state index in [-0.39, 0.29) is 6.10 Å². The highest BCUT2D eigenvalue weighted by Crippen LogP contribution is 2.29. The Morgan fingerprint density at radius 3 is 2.22 bits per heavy atom. The molecule has 0 aliphatic carbocycles. The number of carbonyl (C=O) groups excluding carboxylic acids is 2. The van der Waals surface area contributed by atoms with Crippen LogP contribution in [0, 0.1) is 12.3 Å². The molecule has 0 fully saturated rings. The number of anilines is 2. The van der Waals surface area contributed by atoms with Crippen LogP contribution in [0.15, 0.2) is 42.5 Å². The molecule has 144 valence electrons. The Bertz CT molecular complexity index is 847. The van der Waals surface area contributed by atoms with Gasteiger partial charge in [0.25, 0.3) is 0 Å². The Balaban J connectivity index is 2.17. The molecule has 0 saturated heterocycles. The van der Waals surface area contributed by atoms with Crippen molar-refractivity contribution in [1.29, 1.82) is 0 Å². The number of carbonyl (C=O) groups is 2. The molecule has 0 saturated carbocycles. The number of rotatable bonds is 6. The fourth-order valence-corrected chi connectivity index (χ4v) is 2.49. The number of ether oxygens (including phenoxy) is 1. The molecule has 2 aromatic carbocycles. The molecule has 2 aromatic rings. The van der Waals surface area contributed by atoms with Crippen molar-refractivity contribution in [3.63, 3.8) is 0 Å². The molecule has 0 aliphatic rings. The summed E-state index contributed by atoms with van der Waals surface area (Å²) in [5, 5.41) is 6.10. The van der Waals surface area contributed by atoms with Crippen LogP contribution in [-0.4, -0.2) is 17.9 Å². The molecule has 2 amide bonds. The SMILES string of the molecule is Cc1ccc(Cl)cc1NC(=O)C(C)(C)C(=O)Nc1ccccc1OC(C)C. The van der Waals surface area contributed by atoms with Gasteiger partial charge in [-0.25, -0.2) is 0 Å². The highest BCUT2D eigenvalue weighted by molar-refractivity contribution is 6.31. The van der Waals surface area contributed by atoms with Gasteiger partial charge in [0.05, 0.1) is 11.8 Å². The number of hydrogen-bond acceptors (Lipinski definition) is 3. The van der Waals surface area contributed by atoms with Gasteiger partial charge in [-0.15, -0.1) is 0 Å². The summed E-state index contributed by atoms with van der Waals surface area (Å²) in [5.74, 6) is -0.296. The lowest BCUT2D eigenvalue weighted by Gasteiger charge is -2.24. The number of amides is 2. The summed E-state index contributed by atoms with van der Waals surface area (Å²) in [7, 11) is 0. The largest absolute Gasteiger partial charge is 0.489 e. The average molecular weight is 389 g/mol. The van der Waals surface area contributed by atoms with Crippen LogP contribution in [0.1, 0.15) is 33.3 Å². The third-order valence-corrected chi connectivity index (χ3v) is 4.32. The fraction of sp³-hybridized carbons (Fsp3) is 0.333. The summed E-state index contributed by atoms with van der Waals surface area (Å²) >= 11 is 6.00. The zero-order chi connectivity index (χ0) is 20.2. The van der Waals surface area contributed by atoms with E-state index < -0.39 is 17.2 Å². The van der Waals surface area contributed by atoms with E-state index in [0.29, 0.717) is 22.1 Å². The maximum absolute atomic E-state index is 12.8. The second-order valence-electron chi connectivity index (χ2n) is 7.16. The lowest BCUT2D eigenvalue weighted by molar-refractivity contribution is -0.135. The number of aryl methyl sites for hydroxylation is 1. The second kappa shape index (κ2) is 8.44. The summed E-state index contributed by atoms with van der Waals surface area (Å²) in [5.41, 5.74) is 0.659. The predicted molar refractivity (Wildman–Crippen MR) is 109 cm³/mol. The maximum Gasteiger partial charge on any atom is 0.239 e. The van der Waals surface area contributed by atoms with Crippen LogP contribution < -0.4 is 15.4 Å². The van der Waals surface area contributed by atoms with Crippen molar-refractivity contribution >= 4 is 34.8 Å². The Morgan fingerprint density at radius 1 is 1.00 bits per heavy atom. The Hall–Kier alpha value is -2.53. The first-order valence-electron chi connectivity index (χ1n) is 8.76. The standard InChI is InChI=1S/C21H25ClN2O3/c1-13(2)27-18-9-7-6-8-16(18)23-19(25)21(4,5)20(26)24-17-12-15(22)11-10-14(17)3/h6-13H,1-5H3,(H,23,25)(H,24,26). The first-order valence-corrected chi connectivity index (χ1v) is 9.14. The van der Waals surface area contributed by atoms with E-state index in [1.54, 1.807) is 44.2 Å². The summed E-state index contributed by atoms with van der Waals surface area (Å²) < 4.78 is 5.71. The van der Waals surface area contributed by atoms with Crippen molar-refractivity contribution < 1.29 is 14.3 Å². The molecule has 0 spiro atoms. The van der Waals surface area contributed by atoms with Gasteiger partial charge in [0.2, 0.25) is 11.8 Å². The van der Waals surface area contributed by atoms with Crippen LogP contribution in [0.25, 0.3) is 0 Å². The number of para-hydroxylation sites is 2. The smallest absolute Gasteiger partial charge is 0.239 e. The molecule has 27 heavy (non-hydrogen) atoms. The first-order chi connectivity index (χ1) is 12.6. The zero-order valence-electron chi connectivity index (χ0n) is 16.2. The van der Waals surface area contributed by atoms with Crippen molar-refractivity contribution in [2.24, 2.45) is 5.41 Å². The molecule has 2 rings (SSSR count). The van der Waals surface area contributed by atoms with Crippen LogP contribution in [0.5, 0.6) is 5.75 Å². The normalized spacial score (nSPS) is 11.2. The van der Waals surface area contributed by atoms with E-state index >= 15 is 0 Å². The third kappa shape index (κ3) is 5.23. The Morgan fingerprint density at radius 2 is 1.59 bits per heavy atom. The lowest BCUT2D eigenvalue weighted by atomic mass is 9.90. The number of nitrogens with one attached hydrogen (secondary N) is 2. The molecular weight excluding hydrogens is 364 g/mol. The minimum atomic E-state index is -1.31. The van der Waals surface area contributed by atoms with Gasteiger partial charge in [-0.2, -0.15) is 0 Å². The molecular formula is C21H25ClN2O3. The van der Waals surface area contributed by atoms with E-state index in [9.17, 15) is 9.59 Å². The van der Waals surface area contributed by atoms with Crippen LogP contribution >= 0.6 is 11.6 Å². The van der Waals surface area contributed by atoms with E-state index in [1.807, 2.05) is 32.9 Å². The molecule has 2 N–H and O–H groups in total. The average Bonchev–Trinajstić information content (AvgIpc) is 2.59. The van der Waals surface area contributed by atoms with Crippen molar-refractivity contribution in [1.82, 2.24) is 0 Å². The van der Waals surface area contributed by atoms with Gasteiger partial charge < -0.3 is 15.4 Å². The highest BCUT2D eigenvalue weighted by Gasteiger charge is 2.36. The van der Waals surface area contributed by atoms with E-state index in [2.05, 4.69) is 10.6 Å². The second-order valence-corrected chi connectivity index (χ2v) is 7.59. The summed E-state index contributed by atoms with van der Waals surface area (Å²) in [6.07, 6.45) is -0.0369. The van der Waals surface area contributed by atoms with Crippen molar-refractivity contribution in [3.05, 3.63) is 53.1 Å². The topological polar surface area (TPSA) is 67.4 Å². The predicted octanol–water partition coefficient (Wildman–Crippen LogP) is 5.04. The van der Waals surface area contributed by atoms with Gasteiger partial charge in [-0.1, -0.05) is 29.8 Å². The van der Waals surface area contributed by atoms with Gasteiger partial charge in [-0.05, 0) is 64.4 Å². The Kier molecular flexibility index (Phi) is 6.50. The number of halogens is 1. The van der Waals surface area contributed by atoms with Gasteiger partial charge in [0.1, 0.15) is 11.2 Å². The summed E-state index contributed by atoms with van der Waals surface area (Å²) in [6.45, 7) is 8.82. The maximum atomic E-state index is 12.8. The van der Waals surface area contributed by atoms with E-state index in [0.717, 1.165) is 5.56 Å². The van der Waals surface area contributed by atoms with Crippen LogP contribution in [0.4, 0.5) is 11.4 Å². The van der Waals surface area contributed by atoms with Crippen molar-refractivity contribution in [2.45, 2.75) is 40.7 Å². The molecule has 0 atom stereocenters. The summed E-state index contributed by atoms with van der Waals surface area (Å²) in [6, 6.07) is 12.4. The van der Waals surface area contributed by atoms with Crippen molar-refractivity contribution in [3.8, 4) is 5.75 Å². The monoisotopic (exact) mass is 388 g/mol. The lowest BCUT2D eigenvalue weighted by Crippen LogP contribution is -2.41.